The number of amides is 2. The zero-order chi connectivity index (χ0) is 15.2. The first kappa shape index (κ1) is 15.8. The SMILES string of the molecule is CC(C)NC(=O)CNC(=O)CSc1nc2ccccc2s1. The van der Waals surface area contributed by atoms with Crippen LogP contribution in [0.5, 0.6) is 0 Å². The van der Waals surface area contributed by atoms with Crippen molar-refractivity contribution in [1.29, 1.82) is 0 Å². The smallest absolute Gasteiger partial charge is 0.239 e. The van der Waals surface area contributed by atoms with Crippen molar-refractivity contribution in [3.63, 3.8) is 0 Å². The van der Waals surface area contributed by atoms with Crippen molar-refractivity contribution < 1.29 is 9.59 Å². The van der Waals surface area contributed by atoms with Crippen molar-refractivity contribution in [2.75, 3.05) is 12.3 Å². The van der Waals surface area contributed by atoms with E-state index in [0.717, 1.165) is 14.6 Å². The van der Waals surface area contributed by atoms with Crippen molar-refractivity contribution >= 4 is 45.1 Å². The fourth-order valence-corrected chi connectivity index (χ4v) is 3.54. The van der Waals surface area contributed by atoms with Crippen LogP contribution in [0, 0.1) is 0 Å². The minimum Gasteiger partial charge on any atom is -0.352 e. The quantitative estimate of drug-likeness (QED) is 0.798. The number of hydrogen-bond donors (Lipinski definition) is 2. The Morgan fingerprint density at radius 3 is 2.76 bits per heavy atom. The second-order valence-corrected chi connectivity index (χ2v) is 6.99. The Morgan fingerprint density at radius 2 is 2.05 bits per heavy atom. The van der Waals surface area contributed by atoms with Crippen molar-refractivity contribution in [3.8, 4) is 0 Å². The van der Waals surface area contributed by atoms with Crippen LogP contribution in [-0.2, 0) is 9.59 Å². The zero-order valence-corrected chi connectivity index (χ0v) is 13.5. The standard InChI is InChI=1S/C14H17N3O2S2/c1-9(2)16-12(18)7-15-13(19)8-20-14-17-10-5-3-4-6-11(10)21-14/h3-6,9H,7-8H2,1-2H3,(H,15,19)(H,16,18). The molecule has 0 atom stereocenters. The van der Waals surface area contributed by atoms with Gasteiger partial charge in [0.1, 0.15) is 0 Å². The highest BCUT2D eigenvalue weighted by atomic mass is 32.2. The molecule has 0 saturated carbocycles. The summed E-state index contributed by atoms with van der Waals surface area (Å²) < 4.78 is 1.97. The Balaban J connectivity index is 1.77. The van der Waals surface area contributed by atoms with Gasteiger partial charge in [-0.1, -0.05) is 23.9 Å². The number of benzene rings is 1. The van der Waals surface area contributed by atoms with E-state index >= 15 is 0 Å². The number of nitrogens with zero attached hydrogens (tertiary/aromatic N) is 1. The molecule has 2 N–H and O–H groups in total. The van der Waals surface area contributed by atoms with Gasteiger partial charge in [-0.3, -0.25) is 9.59 Å². The number of carbonyl (C=O) groups excluding carboxylic acids is 2. The van der Waals surface area contributed by atoms with Crippen LogP contribution >= 0.6 is 23.1 Å². The van der Waals surface area contributed by atoms with Crippen LogP contribution in [-0.4, -0.2) is 35.1 Å². The second kappa shape index (κ2) is 7.42. The largest absolute Gasteiger partial charge is 0.352 e. The third-order valence-corrected chi connectivity index (χ3v) is 4.68. The molecule has 0 radical (unpaired) electrons. The summed E-state index contributed by atoms with van der Waals surface area (Å²) in [6.45, 7) is 3.77. The van der Waals surface area contributed by atoms with Crippen LogP contribution in [0.2, 0.25) is 0 Å². The topological polar surface area (TPSA) is 71.1 Å². The molecule has 0 bridgehead atoms. The van der Waals surface area contributed by atoms with E-state index in [4.69, 9.17) is 0 Å². The van der Waals surface area contributed by atoms with E-state index in [-0.39, 0.29) is 30.2 Å². The zero-order valence-electron chi connectivity index (χ0n) is 11.9. The lowest BCUT2D eigenvalue weighted by atomic mass is 10.3. The van der Waals surface area contributed by atoms with Crippen LogP contribution in [0.4, 0.5) is 0 Å². The fraction of sp³-hybridized carbons (Fsp3) is 0.357. The van der Waals surface area contributed by atoms with Gasteiger partial charge in [0, 0.05) is 6.04 Å². The fourth-order valence-electron chi connectivity index (χ4n) is 1.64. The summed E-state index contributed by atoms with van der Waals surface area (Å²) in [5.74, 6) is -0.0871. The van der Waals surface area contributed by atoms with Crippen molar-refractivity contribution in [3.05, 3.63) is 24.3 Å². The van der Waals surface area contributed by atoms with Crippen LogP contribution in [0.1, 0.15) is 13.8 Å². The maximum atomic E-state index is 11.7. The summed E-state index contributed by atoms with van der Waals surface area (Å²) in [6.07, 6.45) is 0. The van der Waals surface area contributed by atoms with Gasteiger partial charge < -0.3 is 10.6 Å². The molecule has 21 heavy (non-hydrogen) atoms. The molecule has 0 saturated heterocycles. The molecular weight excluding hydrogens is 306 g/mol. The molecule has 1 aromatic carbocycles. The minimum absolute atomic E-state index is 0.0113. The predicted molar refractivity (Wildman–Crippen MR) is 86.6 cm³/mol. The highest BCUT2D eigenvalue weighted by Gasteiger charge is 2.09. The third kappa shape index (κ3) is 5.02. The molecule has 1 heterocycles. The number of thioether (sulfide) groups is 1. The first-order valence-electron chi connectivity index (χ1n) is 6.59. The molecule has 112 valence electrons. The molecule has 2 rings (SSSR count). The summed E-state index contributed by atoms with van der Waals surface area (Å²) in [6, 6.07) is 7.94. The third-order valence-electron chi connectivity index (χ3n) is 2.50. The van der Waals surface area contributed by atoms with E-state index in [1.54, 1.807) is 11.3 Å². The molecule has 5 nitrogen and oxygen atoms in total. The average Bonchev–Trinajstić information content (AvgIpc) is 2.85. The number of rotatable bonds is 6. The maximum absolute atomic E-state index is 11.7. The van der Waals surface area contributed by atoms with Crippen LogP contribution in [0.25, 0.3) is 10.2 Å². The van der Waals surface area contributed by atoms with Gasteiger partial charge in [0.05, 0.1) is 22.5 Å². The number of nitrogens with one attached hydrogen (secondary N) is 2. The number of carbonyl (C=O) groups is 2. The normalized spacial score (nSPS) is 10.8. The van der Waals surface area contributed by atoms with Gasteiger partial charge in [0.15, 0.2) is 4.34 Å². The van der Waals surface area contributed by atoms with Crippen LogP contribution in [0.15, 0.2) is 28.6 Å². The van der Waals surface area contributed by atoms with Crippen molar-refractivity contribution in [2.24, 2.45) is 0 Å². The summed E-state index contributed by atoms with van der Waals surface area (Å²) in [5, 5.41) is 5.32. The Hall–Kier alpha value is -1.60. The molecule has 2 amide bonds. The Morgan fingerprint density at radius 1 is 1.29 bits per heavy atom. The monoisotopic (exact) mass is 323 g/mol. The predicted octanol–water partition coefficient (Wildman–Crippen LogP) is 2.03. The van der Waals surface area contributed by atoms with Crippen LogP contribution < -0.4 is 10.6 Å². The highest BCUT2D eigenvalue weighted by molar-refractivity contribution is 8.01. The highest BCUT2D eigenvalue weighted by Crippen LogP contribution is 2.28. The molecule has 7 heteroatoms. The lowest BCUT2D eigenvalue weighted by molar-refractivity contribution is -0.125. The number of fused-ring (bicyclic) bond motifs is 1. The van der Waals surface area contributed by atoms with Crippen molar-refractivity contribution in [1.82, 2.24) is 15.6 Å². The van der Waals surface area contributed by atoms with Gasteiger partial charge in [-0.05, 0) is 26.0 Å². The number of thiazole rings is 1. The van der Waals surface area contributed by atoms with E-state index in [0.29, 0.717) is 0 Å². The molecule has 1 aromatic heterocycles. The first-order valence-corrected chi connectivity index (χ1v) is 8.39. The van der Waals surface area contributed by atoms with Crippen molar-refractivity contribution in [2.45, 2.75) is 24.2 Å². The lowest BCUT2D eigenvalue weighted by Gasteiger charge is -2.08. The maximum Gasteiger partial charge on any atom is 0.239 e. The van der Waals surface area contributed by atoms with Gasteiger partial charge in [-0.2, -0.15) is 0 Å². The van der Waals surface area contributed by atoms with E-state index < -0.39 is 0 Å². The van der Waals surface area contributed by atoms with Gasteiger partial charge in [0.2, 0.25) is 11.8 Å². The Bertz CT molecular complexity index is 607. The molecule has 0 aliphatic heterocycles. The molecule has 0 unspecified atom stereocenters. The number of para-hydroxylation sites is 1. The lowest BCUT2D eigenvalue weighted by Crippen LogP contribution is -2.40. The molecule has 0 aliphatic rings. The number of aromatic nitrogens is 1. The molecule has 0 fully saturated rings. The molecule has 0 aliphatic carbocycles. The summed E-state index contributed by atoms with van der Waals surface area (Å²) >= 11 is 2.95. The summed E-state index contributed by atoms with van der Waals surface area (Å²) in [7, 11) is 0. The summed E-state index contributed by atoms with van der Waals surface area (Å²) in [5.41, 5.74) is 0.946. The van der Waals surface area contributed by atoms with Gasteiger partial charge in [0.25, 0.3) is 0 Å². The van der Waals surface area contributed by atoms with E-state index in [9.17, 15) is 9.59 Å². The van der Waals surface area contributed by atoms with Crippen LogP contribution in [0.3, 0.4) is 0 Å². The Kier molecular flexibility index (Phi) is 5.58. The second-order valence-electron chi connectivity index (χ2n) is 4.74. The minimum atomic E-state index is -0.177. The number of hydrogen-bond acceptors (Lipinski definition) is 5. The summed E-state index contributed by atoms with van der Waals surface area (Å²) in [4.78, 5) is 27.5. The van der Waals surface area contributed by atoms with Gasteiger partial charge in [-0.15, -0.1) is 11.3 Å². The molecular formula is C14H17N3O2S2. The van der Waals surface area contributed by atoms with Gasteiger partial charge in [-0.25, -0.2) is 4.98 Å². The average molecular weight is 323 g/mol. The van der Waals surface area contributed by atoms with Gasteiger partial charge >= 0.3 is 0 Å². The Labute approximate surface area is 131 Å². The van der Waals surface area contributed by atoms with E-state index in [2.05, 4.69) is 15.6 Å². The first-order chi connectivity index (χ1) is 10.0. The van der Waals surface area contributed by atoms with E-state index in [1.807, 2.05) is 38.1 Å². The van der Waals surface area contributed by atoms with E-state index in [1.165, 1.54) is 11.8 Å². The molecule has 2 aromatic rings. The molecule has 0 spiro atoms.